The molecule has 3 aromatic rings. The minimum Gasteiger partial charge on any atom is -0.101 e. The summed E-state index contributed by atoms with van der Waals surface area (Å²) in [5.74, 6) is 12.3. The van der Waals surface area contributed by atoms with Gasteiger partial charge in [-0.25, -0.2) is 0 Å². The van der Waals surface area contributed by atoms with Gasteiger partial charge in [-0.2, -0.15) is 0 Å². The smallest absolute Gasteiger partial charge is 0.0323 e. The fourth-order valence-electron chi connectivity index (χ4n) is 2.54. The Morgan fingerprint density at radius 1 is 0.650 bits per heavy atom. The lowest BCUT2D eigenvalue weighted by atomic mass is 9.97. The Labute approximate surface area is 119 Å². The zero-order valence-corrected chi connectivity index (χ0v) is 11.6. The SMILES string of the molecule is CC#Cc1cccc2cc3cccc(C#CC)c3cc12. The van der Waals surface area contributed by atoms with E-state index in [0.29, 0.717) is 0 Å². The monoisotopic (exact) mass is 254 g/mol. The van der Waals surface area contributed by atoms with E-state index in [-0.39, 0.29) is 0 Å². The Morgan fingerprint density at radius 2 is 1.15 bits per heavy atom. The third-order valence-electron chi connectivity index (χ3n) is 3.40. The van der Waals surface area contributed by atoms with Gasteiger partial charge in [-0.3, -0.25) is 0 Å². The Hall–Kier alpha value is -2.70. The van der Waals surface area contributed by atoms with Crippen LogP contribution in [0, 0.1) is 23.7 Å². The highest BCUT2D eigenvalue weighted by atomic mass is 14.1. The van der Waals surface area contributed by atoms with E-state index in [4.69, 9.17) is 0 Å². The highest BCUT2D eigenvalue weighted by Gasteiger charge is 2.04. The number of hydrogen-bond donors (Lipinski definition) is 0. The second kappa shape index (κ2) is 5.12. The van der Waals surface area contributed by atoms with Gasteiger partial charge in [-0.05, 0) is 59.7 Å². The third-order valence-corrected chi connectivity index (χ3v) is 3.40. The van der Waals surface area contributed by atoms with E-state index in [1.807, 2.05) is 13.8 Å². The summed E-state index contributed by atoms with van der Waals surface area (Å²) in [5, 5.41) is 4.83. The van der Waals surface area contributed by atoms with Crippen molar-refractivity contribution < 1.29 is 0 Å². The summed E-state index contributed by atoms with van der Waals surface area (Å²) in [5.41, 5.74) is 2.15. The molecule has 0 aliphatic heterocycles. The first-order valence-corrected chi connectivity index (χ1v) is 6.64. The van der Waals surface area contributed by atoms with Gasteiger partial charge in [0.05, 0.1) is 0 Å². The molecule has 0 fully saturated rings. The van der Waals surface area contributed by atoms with Crippen LogP contribution in [0.4, 0.5) is 0 Å². The lowest BCUT2D eigenvalue weighted by molar-refractivity contribution is 1.69. The molecule has 0 atom stereocenters. The largest absolute Gasteiger partial charge is 0.101 e. The van der Waals surface area contributed by atoms with Crippen LogP contribution in [0.5, 0.6) is 0 Å². The van der Waals surface area contributed by atoms with E-state index in [0.717, 1.165) is 11.1 Å². The molecule has 0 heterocycles. The maximum atomic E-state index is 3.18. The van der Waals surface area contributed by atoms with Gasteiger partial charge in [0.1, 0.15) is 0 Å². The fourth-order valence-corrected chi connectivity index (χ4v) is 2.54. The first-order chi connectivity index (χ1) is 9.83. The summed E-state index contributed by atoms with van der Waals surface area (Å²) < 4.78 is 0. The molecule has 0 aromatic heterocycles. The minimum absolute atomic E-state index is 1.08. The van der Waals surface area contributed by atoms with E-state index < -0.39 is 0 Å². The summed E-state index contributed by atoms with van der Waals surface area (Å²) in [6.45, 7) is 3.74. The molecule has 0 bridgehead atoms. The average Bonchev–Trinajstić information content (AvgIpc) is 2.47. The number of rotatable bonds is 0. The molecule has 0 heteroatoms. The van der Waals surface area contributed by atoms with Crippen molar-refractivity contribution in [3.63, 3.8) is 0 Å². The lowest BCUT2D eigenvalue weighted by Gasteiger charge is -2.06. The van der Waals surface area contributed by atoms with Crippen molar-refractivity contribution in [3.8, 4) is 23.7 Å². The van der Waals surface area contributed by atoms with Crippen LogP contribution >= 0.6 is 0 Å². The predicted octanol–water partition coefficient (Wildman–Crippen LogP) is 4.74. The molecule has 0 amide bonds. The Bertz CT molecular complexity index is 847. The van der Waals surface area contributed by atoms with Crippen LogP contribution in [-0.4, -0.2) is 0 Å². The first kappa shape index (κ1) is 12.3. The second-order valence-corrected chi connectivity index (χ2v) is 4.66. The van der Waals surface area contributed by atoms with E-state index in [1.165, 1.54) is 21.5 Å². The summed E-state index contributed by atoms with van der Waals surface area (Å²) in [4.78, 5) is 0. The molecule has 0 aliphatic carbocycles. The number of hydrogen-bond acceptors (Lipinski definition) is 0. The number of benzene rings is 3. The minimum atomic E-state index is 1.08. The van der Waals surface area contributed by atoms with Crippen LogP contribution in [0.15, 0.2) is 48.5 Å². The topological polar surface area (TPSA) is 0 Å². The maximum Gasteiger partial charge on any atom is 0.0323 e. The van der Waals surface area contributed by atoms with Gasteiger partial charge >= 0.3 is 0 Å². The fraction of sp³-hybridized carbons (Fsp3) is 0.100. The molecule has 0 nitrogen and oxygen atoms in total. The van der Waals surface area contributed by atoms with Crippen molar-refractivity contribution >= 4 is 21.5 Å². The molecule has 3 rings (SSSR count). The molecule has 94 valence electrons. The standard InChI is InChI=1S/C20H14/c1-3-7-15-9-5-11-17-13-18-12-6-10-16(8-4-2)20(18)14-19(15)17/h5-6,9-14H,1-2H3. The summed E-state index contributed by atoms with van der Waals surface area (Å²) in [6.07, 6.45) is 0. The highest BCUT2D eigenvalue weighted by Crippen LogP contribution is 2.27. The van der Waals surface area contributed by atoms with Crippen LogP contribution in [-0.2, 0) is 0 Å². The van der Waals surface area contributed by atoms with Crippen molar-refractivity contribution in [2.75, 3.05) is 0 Å². The van der Waals surface area contributed by atoms with Gasteiger partial charge in [0.25, 0.3) is 0 Å². The van der Waals surface area contributed by atoms with Crippen molar-refractivity contribution in [2.45, 2.75) is 13.8 Å². The van der Waals surface area contributed by atoms with Crippen LogP contribution < -0.4 is 0 Å². The van der Waals surface area contributed by atoms with Gasteiger partial charge in [0.15, 0.2) is 0 Å². The predicted molar refractivity (Wildman–Crippen MR) is 86.6 cm³/mol. The quantitative estimate of drug-likeness (QED) is 0.401. The first-order valence-electron chi connectivity index (χ1n) is 6.64. The normalized spacial score (nSPS) is 9.70. The van der Waals surface area contributed by atoms with Gasteiger partial charge < -0.3 is 0 Å². The van der Waals surface area contributed by atoms with Gasteiger partial charge in [-0.15, -0.1) is 11.8 Å². The van der Waals surface area contributed by atoms with Gasteiger partial charge in [0.2, 0.25) is 0 Å². The van der Waals surface area contributed by atoms with Crippen LogP contribution in [0.25, 0.3) is 21.5 Å². The van der Waals surface area contributed by atoms with E-state index in [1.54, 1.807) is 0 Å². The molecule has 3 aromatic carbocycles. The average molecular weight is 254 g/mol. The molecule has 0 unspecified atom stereocenters. The molecule has 20 heavy (non-hydrogen) atoms. The highest BCUT2D eigenvalue weighted by molar-refractivity contribution is 6.02. The van der Waals surface area contributed by atoms with E-state index in [2.05, 4.69) is 72.2 Å². The maximum absolute atomic E-state index is 3.18. The van der Waals surface area contributed by atoms with Crippen molar-refractivity contribution in [2.24, 2.45) is 0 Å². The molecule has 0 saturated heterocycles. The summed E-state index contributed by atoms with van der Waals surface area (Å²) >= 11 is 0. The van der Waals surface area contributed by atoms with Gasteiger partial charge in [-0.1, -0.05) is 36.1 Å². The number of fused-ring (bicyclic) bond motifs is 2. The molecular formula is C20H14. The van der Waals surface area contributed by atoms with Crippen molar-refractivity contribution in [1.82, 2.24) is 0 Å². The van der Waals surface area contributed by atoms with Crippen molar-refractivity contribution in [3.05, 3.63) is 59.7 Å². The summed E-state index contributed by atoms with van der Waals surface area (Å²) in [6, 6.07) is 16.9. The van der Waals surface area contributed by atoms with E-state index >= 15 is 0 Å². The lowest BCUT2D eigenvalue weighted by Crippen LogP contribution is -1.84. The van der Waals surface area contributed by atoms with Crippen LogP contribution in [0.2, 0.25) is 0 Å². The van der Waals surface area contributed by atoms with Crippen LogP contribution in [0.3, 0.4) is 0 Å². The molecule has 0 saturated carbocycles. The molecule has 0 N–H and O–H groups in total. The summed E-state index contributed by atoms with van der Waals surface area (Å²) in [7, 11) is 0. The third kappa shape index (κ3) is 2.03. The molecule has 0 spiro atoms. The van der Waals surface area contributed by atoms with Crippen molar-refractivity contribution in [1.29, 1.82) is 0 Å². The Balaban J connectivity index is 2.46. The van der Waals surface area contributed by atoms with Crippen LogP contribution in [0.1, 0.15) is 25.0 Å². The zero-order chi connectivity index (χ0) is 13.9. The van der Waals surface area contributed by atoms with Gasteiger partial charge in [0, 0.05) is 11.1 Å². The second-order valence-electron chi connectivity index (χ2n) is 4.66. The molecule has 0 radical (unpaired) electrons. The molecular weight excluding hydrogens is 240 g/mol. The Morgan fingerprint density at radius 3 is 1.60 bits per heavy atom. The Kier molecular flexibility index (Phi) is 3.16. The molecule has 0 aliphatic rings. The zero-order valence-electron chi connectivity index (χ0n) is 11.6. The van der Waals surface area contributed by atoms with E-state index in [9.17, 15) is 0 Å².